The van der Waals surface area contributed by atoms with Crippen molar-refractivity contribution in [1.82, 2.24) is 9.80 Å². The molecule has 1 heterocycles. The van der Waals surface area contributed by atoms with Crippen molar-refractivity contribution in [1.29, 1.82) is 0 Å². The molecule has 4 heteroatoms. The fourth-order valence-corrected chi connectivity index (χ4v) is 2.47. The van der Waals surface area contributed by atoms with Gasteiger partial charge in [-0.25, -0.2) is 0 Å². The Bertz CT molecular complexity index is 400. The summed E-state index contributed by atoms with van der Waals surface area (Å²) in [6, 6.07) is 7.60. The molecule has 0 aliphatic carbocycles. The van der Waals surface area contributed by atoms with Crippen molar-refractivity contribution in [2.45, 2.75) is 6.92 Å². The van der Waals surface area contributed by atoms with E-state index in [2.05, 4.69) is 27.8 Å². The van der Waals surface area contributed by atoms with Crippen LogP contribution in [0, 0.1) is 0 Å². The van der Waals surface area contributed by atoms with Crippen molar-refractivity contribution < 1.29 is 4.79 Å². The Morgan fingerprint density at radius 2 is 2.00 bits per heavy atom. The van der Waals surface area contributed by atoms with E-state index in [0.717, 1.165) is 42.8 Å². The van der Waals surface area contributed by atoms with Gasteiger partial charge < -0.3 is 9.80 Å². The zero-order valence-electron chi connectivity index (χ0n) is 10.0. The van der Waals surface area contributed by atoms with Crippen molar-refractivity contribution in [2.75, 3.05) is 32.7 Å². The number of carbonyl (C=O) groups excluding carboxylic acids is 1. The molecule has 0 unspecified atom stereocenters. The van der Waals surface area contributed by atoms with Crippen molar-refractivity contribution in [3.05, 3.63) is 34.3 Å². The van der Waals surface area contributed by atoms with E-state index in [1.165, 1.54) is 0 Å². The van der Waals surface area contributed by atoms with Gasteiger partial charge in [0.2, 0.25) is 0 Å². The molecule has 0 saturated carbocycles. The number of nitrogens with zero attached hydrogens (tertiary/aromatic N) is 2. The molecule has 3 nitrogen and oxygen atoms in total. The van der Waals surface area contributed by atoms with Crippen LogP contribution in [0.5, 0.6) is 0 Å². The summed E-state index contributed by atoms with van der Waals surface area (Å²) in [6.45, 7) is 6.86. The van der Waals surface area contributed by atoms with E-state index in [9.17, 15) is 4.79 Å². The molecule has 0 radical (unpaired) electrons. The summed E-state index contributed by atoms with van der Waals surface area (Å²) in [6.07, 6.45) is 0. The molecule has 0 bridgehead atoms. The Morgan fingerprint density at radius 1 is 1.29 bits per heavy atom. The van der Waals surface area contributed by atoms with E-state index in [1.54, 1.807) is 0 Å². The fraction of sp³-hybridized carbons (Fsp3) is 0.462. The Labute approximate surface area is 111 Å². The zero-order valence-corrected chi connectivity index (χ0v) is 11.6. The van der Waals surface area contributed by atoms with Crippen LogP contribution in [0.15, 0.2) is 28.7 Å². The van der Waals surface area contributed by atoms with Crippen LogP contribution in [-0.4, -0.2) is 48.4 Å². The van der Waals surface area contributed by atoms with Gasteiger partial charge >= 0.3 is 0 Å². The average Bonchev–Trinajstić information content (AvgIpc) is 2.38. The van der Waals surface area contributed by atoms with Gasteiger partial charge in [-0.05, 0) is 24.7 Å². The first-order valence-corrected chi connectivity index (χ1v) is 6.77. The van der Waals surface area contributed by atoms with E-state index in [0.29, 0.717) is 0 Å². The van der Waals surface area contributed by atoms with Gasteiger partial charge in [0.25, 0.3) is 5.91 Å². The fourth-order valence-electron chi connectivity index (χ4n) is 2.07. The van der Waals surface area contributed by atoms with Crippen molar-refractivity contribution in [2.24, 2.45) is 0 Å². The molecule has 0 N–H and O–H groups in total. The molecule has 1 saturated heterocycles. The van der Waals surface area contributed by atoms with Crippen LogP contribution >= 0.6 is 15.9 Å². The molecule has 0 aromatic heterocycles. The highest BCUT2D eigenvalue weighted by Gasteiger charge is 2.21. The second-order valence-corrected chi connectivity index (χ2v) is 5.15. The third kappa shape index (κ3) is 3.07. The minimum absolute atomic E-state index is 0.141. The lowest BCUT2D eigenvalue weighted by Gasteiger charge is -2.34. The maximum Gasteiger partial charge on any atom is 0.253 e. The number of rotatable bonds is 2. The summed E-state index contributed by atoms with van der Waals surface area (Å²) in [7, 11) is 0. The van der Waals surface area contributed by atoms with Gasteiger partial charge in [-0.15, -0.1) is 0 Å². The Balaban J connectivity index is 2.02. The molecule has 1 aliphatic heterocycles. The summed E-state index contributed by atoms with van der Waals surface area (Å²) in [5.74, 6) is 0.141. The van der Waals surface area contributed by atoms with E-state index in [4.69, 9.17) is 0 Å². The number of carbonyl (C=O) groups is 1. The standard InChI is InChI=1S/C13H17BrN2O/c1-2-15-6-8-16(9-7-15)13(17)11-4-3-5-12(14)10-11/h3-5,10H,2,6-9H2,1H3. The Hall–Kier alpha value is -0.870. The summed E-state index contributed by atoms with van der Waals surface area (Å²) in [4.78, 5) is 16.5. The highest BCUT2D eigenvalue weighted by Crippen LogP contribution is 2.14. The SMILES string of the molecule is CCN1CCN(C(=O)c2cccc(Br)c2)CC1. The third-order valence-electron chi connectivity index (χ3n) is 3.18. The molecule has 1 aromatic rings. The highest BCUT2D eigenvalue weighted by atomic mass is 79.9. The van der Waals surface area contributed by atoms with Gasteiger partial charge in [-0.1, -0.05) is 28.9 Å². The number of likely N-dealkylation sites (N-methyl/N-ethyl adjacent to an activating group) is 1. The molecule has 1 aliphatic rings. The molecule has 2 rings (SSSR count). The second kappa shape index (κ2) is 5.65. The molecule has 1 fully saturated rings. The summed E-state index contributed by atoms with van der Waals surface area (Å²) in [5.41, 5.74) is 0.768. The quantitative estimate of drug-likeness (QED) is 0.836. The third-order valence-corrected chi connectivity index (χ3v) is 3.67. The maximum absolute atomic E-state index is 12.2. The van der Waals surface area contributed by atoms with Crippen LogP contribution in [-0.2, 0) is 0 Å². The van der Waals surface area contributed by atoms with Gasteiger partial charge in [-0.2, -0.15) is 0 Å². The molecule has 1 amide bonds. The number of hydrogen-bond donors (Lipinski definition) is 0. The average molecular weight is 297 g/mol. The van der Waals surface area contributed by atoms with E-state index in [-0.39, 0.29) is 5.91 Å². The van der Waals surface area contributed by atoms with E-state index < -0.39 is 0 Å². The first-order valence-electron chi connectivity index (χ1n) is 5.98. The number of benzene rings is 1. The highest BCUT2D eigenvalue weighted by molar-refractivity contribution is 9.10. The lowest BCUT2D eigenvalue weighted by Crippen LogP contribution is -2.48. The summed E-state index contributed by atoms with van der Waals surface area (Å²) < 4.78 is 0.954. The van der Waals surface area contributed by atoms with Crippen LogP contribution in [0.2, 0.25) is 0 Å². The molecule has 0 spiro atoms. The zero-order chi connectivity index (χ0) is 12.3. The molecule has 1 aromatic carbocycles. The Morgan fingerprint density at radius 3 is 2.59 bits per heavy atom. The van der Waals surface area contributed by atoms with Gasteiger partial charge in [-0.3, -0.25) is 4.79 Å². The van der Waals surface area contributed by atoms with Gasteiger partial charge in [0.15, 0.2) is 0 Å². The predicted octanol–water partition coefficient (Wildman–Crippen LogP) is 2.23. The van der Waals surface area contributed by atoms with Crippen molar-refractivity contribution in [3.8, 4) is 0 Å². The monoisotopic (exact) mass is 296 g/mol. The predicted molar refractivity (Wildman–Crippen MR) is 72.2 cm³/mol. The van der Waals surface area contributed by atoms with Crippen LogP contribution in [0.4, 0.5) is 0 Å². The van der Waals surface area contributed by atoms with Gasteiger partial charge in [0, 0.05) is 36.2 Å². The molecule has 92 valence electrons. The number of piperazine rings is 1. The lowest BCUT2D eigenvalue weighted by atomic mass is 10.2. The Kier molecular flexibility index (Phi) is 4.18. The van der Waals surface area contributed by atoms with Crippen LogP contribution in [0.25, 0.3) is 0 Å². The smallest absolute Gasteiger partial charge is 0.253 e. The van der Waals surface area contributed by atoms with Crippen molar-refractivity contribution in [3.63, 3.8) is 0 Å². The van der Waals surface area contributed by atoms with Crippen molar-refractivity contribution >= 4 is 21.8 Å². The molecule has 17 heavy (non-hydrogen) atoms. The van der Waals surface area contributed by atoms with Crippen LogP contribution < -0.4 is 0 Å². The normalized spacial score (nSPS) is 17.2. The first kappa shape index (κ1) is 12.6. The van der Waals surface area contributed by atoms with Crippen LogP contribution in [0.3, 0.4) is 0 Å². The topological polar surface area (TPSA) is 23.6 Å². The summed E-state index contributed by atoms with van der Waals surface area (Å²) in [5, 5.41) is 0. The minimum atomic E-state index is 0.141. The molecule has 0 atom stereocenters. The number of halogens is 1. The number of amides is 1. The lowest BCUT2D eigenvalue weighted by molar-refractivity contribution is 0.0643. The van der Waals surface area contributed by atoms with Gasteiger partial charge in [0.05, 0.1) is 0 Å². The summed E-state index contributed by atoms with van der Waals surface area (Å²) >= 11 is 3.40. The van der Waals surface area contributed by atoms with Crippen LogP contribution in [0.1, 0.15) is 17.3 Å². The van der Waals surface area contributed by atoms with E-state index in [1.807, 2.05) is 29.2 Å². The van der Waals surface area contributed by atoms with Gasteiger partial charge in [0.1, 0.15) is 0 Å². The largest absolute Gasteiger partial charge is 0.336 e. The maximum atomic E-state index is 12.2. The molecular weight excluding hydrogens is 280 g/mol. The molecular formula is C13H17BrN2O. The number of hydrogen-bond acceptors (Lipinski definition) is 2. The first-order chi connectivity index (χ1) is 8.20. The minimum Gasteiger partial charge on any atom is -0.336 e. The second-order valence-electron chi connectivity index (χ2n) is 4.24. The van der Waals surface area contributed by atoms with E-state index >= 15 is 0 Å².